The number of hydrogen-bond donors (Lipinski definition) is 0. The van der Waals surface area contributed by atoms with E-state index in [0.717, 1.165) is 28.8 Å². The van der Waals surface area contributed by atoms with Gasteiger partial charge in [0.2, 0.25) is 5.91 Å². The van der Waals surface area contributed by atoms with E-state index in [-0.39, 0.29) is 14.9 Å². The largest absolute Gasteiger partial charge is 0.416 e. The molecule has 32 heavy (non-hydrogen) atoms. The average Bonchev–Trinajstić information content (AvgIpc) is 3.17. The number of thiocarbonyl (C=S) groups is 1. The molecule has 2 aliphatic rings. The van der Waals surface area contributed by atoms with Crippen molar-refractivity contribution < 1.29 is 31.9 Å². The highest BCUT2D eigenvalue weighted by Crippen LogP contribution is 2.38. The summed E-state index contributed by atoms with van der Waals surface area (Å²) in [6, 6.07) is 7.94. The van der Waals surface area contributed by atoms with Crippen LogP contribution in [-0.4, -0.2) is 33.0 Å². The minimum atomic E-state index is -4.65. The van der Waals surface area contributed by atoms with Crippen molar-refractivity contribution >= 4 is 57.8 Å². The Kier molecular flexibility index (Phi) is 5.63. The molecule has 0 saturated carbocycles. The number of carbonyl (C=O) groups excluding carboxylic acids is 3. The van der Waals surface area contributed by atoms with Crippen molar-refractivity contribution in [2.24, 2.45) is 0 Å². The van der Waals surface area contributed by atoms with Crippen LogP contribution in [0.4, 0.5) is 23.2 Å². The van der Waals surface area contributed by atoms with Gasteiger partial charge >= 0.3 is 6.18 Å². The number of imide groups is 1. The predicted molar refractivity (Wildman–Crippen MR) is 114 cm³/mol. The Hall–Kier alpha value is -3.05. The zero-order valence-electron chi connectivity index (χ0n) is 15.9. The van der Waals surface area contributed by atoms with Gasteiger partial charge in [0.25, 0.3) is 11.8 Å². The third-order valence-electron chi connectivity index (χ3n) is 4.86. The van der Waals surface area contributed by atoms with Crippen LogP contribution in [0.2, 0.25) is 0 Å². The maximum Gasteiger partial charge on any atom is 0.416 e. The van der Waals surface area contributed by atoms with Crippen molar-refractivity contribution in [2.75, 3.05) is 4.90 Å². The standard InChI is InChI=1S/C21H12F4N2O3S2/c22-13-6-4-11(5-7-13)8-16-19(30)27(20(31)32-16)15-10-17(28)26(18(15)29)14-3-1-2-12(9-14)21(23,24)25/h1-9,15H,10H2/b16-8+. The second kappa shape index (κ2) is 8.14. The molecular formula is C21H12F4N2O3S2. The van der Waals surface area contributed by atoms with Gasteiger partial charge in [-0.25, -0.2) is 9.29 Å². The van der Waals surface area contributed by atoms with E-state index in [4.69, 9.17) is 12.2 Å². The number of anilines is 1. The van der Waals surface area contributed by atoms with Gasteiger partial charge in [-0.3, -0.25) is 19.3 Å². The Bertz CT molecular complexity index is 1180. The summed E-state index contributed by atoms with van der Waals surface area (Å²) in [6.07, 6.45) is -3.58. The van der Waals surface area contributed by atoms with Crippen molar-refractivity contribution in [3.05, 3.63) is 70.4 Å². The van der Waals surface area contributed by atoms with Gasteiger partial charge in [-0.15, -0.1) is 0 Å². The van der Waals surface area contributed by atoms with E-state index in [0.29, 0.717) is 16.5 Å². The summed E-state index contributed by atoms with van der Waals surface area (Å²) >= 11 is 6.14. The van der Waals surface area contributed by atoms with Gasteiger partial charge in [-0.05, 0) is 42.0 Å². The number of rotatable bonds is 3. The summed E-state index contributed by atoms with van der Waals surface area (Å²) in [5.41, 5.74) is -0.706. The first kappa shape index (κ1) is 22.2. The van der Waals surface area contributed by atoms with Crippen LogP contribution in [0.5, 0.6) is 0 Å². The molecule has 3 amide bonds. The fourth-order valence-electron chi connectivity index (χ4n) is 3.37. The van der Waals surface area contributed by atoms with Gasteiger partial charge in [-0.2, -0.15) is 13.2 Å². The first-order valence-electron chi connectivity index (χ1n) is 9.13. The SMILES string of the molecule is O=C1CC(N2C(=O)/C(=C\c3ccc(F)cc3)SC2=S)C(=O)N1c1cccc(C(F)(F)F)c1. The number of alkyl halides is 3. The molecule has 0 bridgehead atoms. The van der Waals surface area contributed by atoms with Gasteiger partial charge in [0.05, 0.1) is 22.6 Å². The second-order valence-electron chi connectivity index (χ2n) is 6.94. The summed E-state index contributed by atoms with van der Waals surface area (Å²) in [4.78, 5) is 40.2. The minimum Gasteiger partial charge on any atom is -0.280 e. The number of thioether (sulfide) groups is 1. The Morgan fingerprint density at radius 1 is 1.06 bits per heavy atom. The van der Waals surface area contributed by atoms with Crippen LogP contribution in [0.15, 0.2) is 53.4 Å². The maximum absolute atomic E-state index is 13.1. The lowest BCUT2D eigenvalue weighted by Crippen LogP contribution is -2.44. The van der Waals surface area contributed by atoms with Crippen LogP contribution in [0.1, 0.15) is 17.5 Å². The zero-order chi connectivity index (χ0) is 23.2. The predicted octanol–water partition coefficient (Wildman–Crippen LogP) is 4.38. The van der Waals surface area contributed by atoms with Gasteiger partial charge in [0.1, 0.15) is 16.2 Å². The summed E-state index contributed by atoms with van der Waals surface area (Å²) in [5.74, 6) is -2.63. The summed E-state index contributed by atoms with van der Waals surface area (Å²) in [7, 11) is 0. The molecule has 11 heteroatoms. The monoisotopic (exact) mass is 480 g/mol. The first-order valence-corrected chi connectivity index (χ1v) is 10.4. The third kappa shape index (κ3) is 4.05. The molecule has 1 unspecified atom stereocenters. The Morgan fingerprint density at radius 3 is 2.41 bits per heavy atom. The van der Waals surface area contributed by atoms with Gasteiger partial charge in [-0.1, -0.05) is 42.2 Å². The molecule has 5 nitrogen and oxygen atoms in total. The van der Waals surface area contributed by atoms with Gasteiger partial charge in [0.15, 0.2) is 0 Å². The van der Waals surface area contributed by atoms with Crippen LogP contribution >= 0.6 is 24.0 Å². The zero-order valence-corrected chi connectivity index (χ0v) is 17.6. The third-order valence-corrected chi connectivity index (χ3v) is 6.19. The minimum absolute atomic E-state index is 0.0420. The summed E-state index contributed by atoms with van der Waals surface area (Å²) < 4.78 is 52.2. The topological polar surface area (TPSA) is 57.7 Å². The van der Waals surface area contributed by atoms with E-state index in [9.17, 15) is 31.9 Å². The Labute approximate surface area is 188 Å². The molecule has 0 radical (unpaired) electrons. The van der Waals surface area contributed by atoms with Crippen molar-refractivity contribution in [3.63, 3.8) is 0 Å². The Morgan fingerprint density at radius 2 is 1.75 bits per heavy atom. The lowest BCUT2D eigenvalue weighted by atomic mass is 10.1. The van der Waals surface area contributed by atoms with Gasteiger partial charge < -0.3 is 0 Å². The van der Waals surface area contributed by atoms with Crippen LogP contribution in [-0.2, 0) is 20.6 Å². The molecule has 2 aromatic carbocycles. The van der Waals surface area contributed by atoms with E-state index >= 15 is 0 Å². The van der Waals surface area contributed by atoms with E-state index in [1.807, 2.05) is 0 Å². The van der Waals surface area contributed by atoms with Crippen LogP contribution < -0.4 is 4.90 Å². The molecular weight excluding hydrogens is 468 g/mol. The fourth-order valence-corrected chi connectivity index (χ4v) is 4.73. The average molecular weight is 480 g/mol. The van der Waals surface area contributed by atoms with Crippen LogP contribution in [0.25, 0.3) is 6.08 Å². The maximum atomic E-state index is 13.1. The molecule has 2 aliphatic heterocycles. The highest BCUT2D eigenvalue weighted by atomic mass is 32.2. The van der Waals surface area contributed by atoms with E-state index < -0.39 is 47.7 Å². The molecule has 0 aliphatic carbocycles. The van der Waals surface area contributed by atoms with Crippen LogP contribution in [0, 0.1) is 5.82 Å². The van der Waals surface area contributed by atoms with Crippen LogP contribution in [0.3, 0.4) is 0 Å². The first-order chi connectivity index (χ1) is 15.1. The molecule has 164 valence electrons. The number of hydrogen-bond acceptors (Lipinski definition) is 5. The van der Waals surface area contributed by atoms with E-state index in [1.165, 1.54) is 36.4 Å². The molecule has 0 N–H and O–H groups in total. The highest BCUT2D eigenvalue weighted by molar-refractivity contribution is 8.26. The highest BCUT2D eigenvalue weighted by Gasteiger charge is 2.49. The number of benzene rings is 2. The number of amides is 3. The molecule has 1 atom stereocenters. The fraction of sp³-hybridized carbons (Fsp3) is 0.143. The lowest BCUT2D eigenvalue weighted by Gasteiger charge is -2.21. The molecule has 2 saturated heterocycles. The number of nitrogens with zero attached hydrogens (tertiary/aromatic N) is 2. The number of halogens is 4. The van der Waals surface area contributed by atoms with E-state index in [1.54, 1.807) is 0 Å². The lowest BCUT2D eigenvalue weighted by molar-refractivity contribution is -0.137. The van der Waals surface area contributed by atoms with Crippen molar-refractivity contribution in [2.45, 2.75) is 18.6 Å². The summed E-state index contributed by atoms with van der Waals surface area (Å²) in [5, 5.41) is 0. The second-order valence-corrected chi connectivity index (χ2v) is 8.61. The molecule has 0 aromatic heterocycles. The molecule has 2 fully saturated rings. The molecule has 2 aromatic rings. The van der Waals surface area contributed by atoms with Crippen molar-refractivity contribution in [1.29, 1.82) is 0 Å². The Balaban J connectivity index is 1.60. The molecule has 4 rings (SSSR count). The van der Waals surface area contributed by atoms with Crippen molar-refractivity contribution in [3.8, 4) is 0 Å². The smallest absolute Gasteiger partial charge is 0.280 e. The van der Waals surface area contributed by atoms with E-state index in [2.05, 4.69) is 0 Å². The van der Waals surface area contributed by atoms with Crippen molar-refractivity contribution in [1.82, 2.24) is 4.90 Å². The quantitative estimate of drug-likeness (QED) is 0.283. The number of carbonyl (C=O) groups is 3. The van der Waals surface area contributed by atoms with Gasteiger partial charge in [0, 0.05) is 0 Å². The summed E-state index contributed by atoms with van der Waals surface area (Å²) in [6.45, 7) is 0. The molecule has 2 heterocycles. The normalized spacial score (nSPS) is 20.8. The molecule has 0 spiro atoms.